The van der Waals surface area contributed by atoms with Crippen molar-refractivity contribution in [1.82, 2.24) is 4.98 Å². The van der Waals surface area contributed by atoms with Gasteiger partial charge in [-0.2, -0.15) is 0 Å². The summed E-state index contributed by atoms with van der Waals surface area (Å²) in [6.45, 7) is 2.87. The normalized spacial score (nSPS) is 16.5. The molecule has 1 aliphatic carbocycles. The molecule has 0 radical (unpaired) electrons. The van der Waals surface area contributed by atoms with Crippen molar-refractivity contribution in [2.24, 2.45) is 5.73 Å². The van der Waals surface area contributed by atoms with Gasteiger partial charge in [0.2, 0.25) is 0 Å². The van der Waals surface area contributed by atoms with Gasteiger partial charge < -0.3 is 5.73 Å². The fraction of sp³-hybridized carbons (Fsp3) is 0.700. The van der Waals surface area contributed by atoms with E-state index in [0.29, 0.717) is 6.54 Å². The van der Waals surface area contributed by atoms with E-state index in [9.17, 15) is 0 Å². The fourth-order valence-electron chi connectivity index (χ4n) is 1.56. The molecule has 0 amide bonds. The Labute approximate surface area is 83.2 Å². The van der Waals surface area contributed by atoms with Crippen LogP contribution in [0.5, 0.6) is 0 Å². The van der Waals surface area contributed by atoms with Gasteiger partial charge in [0.15, 0.2) is 0 Å². The fourth-order valence-corrected chi connectivity index (χ4v) is 2.69. The molecule has 0 aromatic carbocycles. The van der Waals surface area contributed by atoms with Crippen LogP contribution in [0.2, 0.25) is 0 Å². The summed E-state index contributed by atoms with van der Waals surface area (Å²) in [5.41, 5.74) is 7.01. The topological polar surface area (TPSA) is 38.9 Å². The van der Waals surface area contributed by atoms with Crippen LogP contribution in [0.4, 0.5) is 0 Å². The lowest BCUT2D eigenvalue weighted by atomic mass is 10.2. The monoisotopic (exact) mass is 196 g/mol. The maximum atomic E-state index is 5.70. The van der Waals surface area contributed by atoms with Gasteiger partial charge in [-0.15, -0.1) is 11.3 Å². The largest absolute Gasteiger partial charge is 0.326 e. The molecule has 1 aromatic heterocycles. The average molecular weight is 196 g/mol. The molecular formula is C10H16N2S. The van der Waals surface area contributed by atoms with Crippen molar-refractivity contribution in [2.75, 3.05) is 0 Å². The van der Waals surface area contributed by atoms with Crippen LogP contribution in [0, 0.1) is 0 Å². The molecule has 0 bridgehead atoms. The van der Waals surface area contributed by atoms with Crippen LogP contribution in [0.15, 0.2) is 0 Å². The van der Waals surface area contributed by atoms with Gasteiger partial charge >= 0.3 is 0 Å². The molecule has 1 aliphatic rings. The second kappa shape index (κ2) is 3.76. The van der Waals surface area contributed by atoms with Crippen LogP contribution in [-0.2, 0) is 13.0 Å². The highest BCUT2D eigenvalue weighted by Gasteiger charge is 2.28. The van der Waals surface area contributed by atoms with E-state index in [1.54, 1.807) is 0 Å². The molecule has 0 unspecified atom stereocenters. The Hall–Kier alpha value is -0.410. The Bertz CT molecular complexity index is 289. The number of rotatable bonds is 4. The summed E-state index contributed by atoms with van der Waals surface area (Å²) in [7, 11) is 0. The summed E-state index contributed by atoms with van der Waals surface area (Å²) >= 11 is 1.82. The SMILES string of the molecule is CCCc1nc(C2CC2)c(CN)s1. The molecular weight excluding hydrogens is 180 g/mol. The first kappa shape index (κ1) is 9.16. The van der Waals surface area contributed by atoms with E-state index in [1.165, 1.54) is 34.8 Å². The maximum absolute atomic E-state index is 5.70. The Morgan fingerprint density at radius 1 is 1.54 bits per heavy atom. The Morgan fingerprint density at radius 2 is 2.31 bits per heavy atom. The summed E-state index contributed by atoms with van der Waals surface area (Å²) in [6.07, 6.45) is 4.94. The summed E-state index contributed by atoms with van der Waals surface area (Å²) < 4.78 is 0. The summed E-state index contributed by atoms with van der Waals surface area (Å²) in [6, 6.07) is 0. The highest BCUT2D eigenvalue weighted by molar-refractivity contribution is 7.11. The Kier molecular flexibility index (Phi) is 2.65. The number of nitrogens with two attached hydrogens (primary N) is 1. The first-order chi connectivity index (χ1) is 6.35. The number of aryl methyl sites for hydroxylation is 1. The van der Waals surface area contributed by atoms with Crippen LogP contribution < -0.4 is 5.73 Å². The molecule has 13 heavy (non-hydrogen) atoms. The lowest BCUT2D eigenvalue weighted by Gasteiger charge is -1.93. The first-order valence-electron chi connectivity index (χ1n) is 5.03. The standard InChI is InChI=1S/C10H16N2S/c1-2-3-9-12-10(7-4-5-7)8(6-11)13-9/h7H,2-6,11H2,1H3. The average Bonchev–Trinajstić information content (AvgIpc) is 2.89. The molecule has 1 aromatic rings. The van der Waals surface area contributed by atoms with Crippen LogP contribution >= 0.6 is 11.3 Å². The van der Waals surface area contributed by atoms with Gasteiger partial charge in [-0.3, -0.25) is 0 Å². The minimum absolute atomic E-state index is 0.674. The molecule has 1 saturated carbocycles. The predicted octanol–water partition coefficient (Wildman–Crippen LogP) is 2.43. The smallest absolute Gasteiger partial charge is 0.0931 e. The highest BCUT2D eigenvalue weighted by Crippen LogP contribution is 2.42. The molecule has 0 atom stereocenters. The van der Waals surface area contributed by atoms with Crippen molar-refractivity contribution in [1.29, 1.82) is 0 Å². The molecule has 2 rings (SSSR count). The highest BCUT2D eigenvalue weighted by atomic mass is 32.1. The zero-order valence-electron chi connectivity index (χ0n) is 8.05. The molecule has 3 heteroatoms. The van der Waals surface area contributed by atoms with Gasteiger partial charge in [-0.05, 0) is 25.7 Å². The van der Waals surface area contributed by atoms with E-state index in [1.807, 2.05) is 11.3 Å². The van der Waals surface area contributed by atoms with Gasteiger partial charge in [0, 0.05) is 17.3 Å². The van der Waals surface area contributed by atoms with Gasteiger partial charge in [-0.1, -0.05) is 6.92 Å². The molecule has 0 spiro atoms. The van der Waals surface area contributed by atoms with Crippen LogP contribution in [0.3, 0.4) is 0 Å². The number of aromatic nitrogens is 1. The van der Waals surface area contributed by atoms with Crippen molar-refractivity contribution in [2.45, 2.75) is 45.1 Å². The van der Waals surface area contributed by atoms with Crippen molar-refractivity contribution >= 4 is 11.3 Å². The van der Waals surface area contributed by atoms with E-state index in [4.69, 9.17) is 5.73 Å². The van der Waals surface area contributed by atoms with Gasteiger partial charge in [0.05, 0.1) is 10.7 Å². The molecule has 2 N–H and O–H groups in total. The maximum Gasteiger partial charge on any atom is 0.0931 e. The van der Waals surface area contributed by atoms with E-state index >= 15 is 0 Å². The van der Waals surface area contributed by atoms with Crippen molar-refractivity contribution < 1.29 is 0 Å². The molecule has 0 saturated heterocycles. The summed E-state index contributed by atoms with van der Waals surface area (Å²) in [4.78, 5) is 6.00. The quantitative estimate of drug-likeness (QED) is 0.803. The van der Waals surface area contributed by atoms with Crippen LogP contribution in [-0.4, -0.2) is 4.98 Å². The van der Waals surface area contributed by atoms with E-state index in [0.717, 1.165) is 12.3 Å². The van der Waals surface area contributed by atoms with E-state index < -0.39 is 0 Å². The van der Waals surface area contributed by atoms with E-state index in [-0.39, 0.29) is 0 Å². The molecule has 2 nitrogen and oxygen atoms in total. The summed E-state index contributed by atoms with van der Waals surface area (Å²) in [5, 5.41) is 1.28. The second-order valence-corrected chi connectivity index (χ2v) is 4.81. The minimum atomic E-state index is 0.674. The lowest BCUT2D eigenvalue weighted by Crippen LogP contribution is -1.96. The second-order valence-electron chi connectivity index (χ2n) is 3.64. The zero-order valence-corrected chi connectivity index (χ0v) is 8.86. The number of hydrogen-bond acceptors (Lipinski definition) is 3. The van der Waals surface area contributed by atoms with Crippen molar-refractivity contribution in [3.8, 4) is 0 Å². The number of thiazole rings is 1. The summed E-state index contributed by atoms with van der Waals surface area (Å²) in [5.74, 6) is 0.750. The first-order valence-corrected chi connectivity index (χ1v) is 5.85. The van der Waals surface area contributed by atoms with Crippen molar-refractivity contribution in [3.63, 3.8) is 0 Å². The number of hydrogen-bond donors (Lipinski definition) is 1. The Balaban J connectivity index is 2.20. The third-order valence-corrected chi connectivity index (χ3v) is 3.54. The Morgan fingerprint density at radius 3 is 2.85 bits per heavy atom. The minimum Gasteiger partial charge on any atom is -0.326 e. The van der Waals surface area contributed by atoms with Gasteiger partial charge in [0.1, 0.15) is 0 Å². The molecule has 0 aliphatic heterocycles. The lowest BCUT2D eigenvalue weighted by molar-refractivity contribution is 0.885. The van der Waals surface area contributed by atoms with Gasteiger partial charge in [-0.25, -0.2) is 4.98 Å². The van der Waals surface area contributed by atoms with Crippen LogP contribution in [0.25, 0.3) is 0 Å². The number of nitrogens with zero attached hydrogens (tertiary/aromatic N) is 1. The molecule has 72 valence electrons. The molecule has 1 heterocycles. The van der Waals surface area contributed by atoms with Crippen molar-refractivity contribution in [3.05, 3.63) is 15.6 Å². The molecule has 1 fully saturated rings. The third-order valence-electron chi connectivity index (χ3n) is 2.39. The zero-order chi connectivity index (χ0) is 9.26. The van der Waals surface area contributed by atoms with Gasteiger partial charge in [0.25, 0.3) is 0 Å². The third kappa shape index (κ3) is 1.92. The predicted molar refractivity (Wildman–Crippen MR) is 56.0 cm³/mol. The van der Waals surface area contributed by atoms with Crippen LogP contribution in [0.1, 0.15) is 47.7 Å². The van der Waals surface area contributed by atoms with E-state index in [2.05, 4.69) is 11.9 Å².